The Morgan fingerprint density at radius 1 is 1.18 bits per heavy atom. The summed E-state index contributed by atoms with van der Waals surface area (Å²) in [6, 6.07) is 7.46. The smallest absolute Gasteiger partial charge is 0.440 e. The predicted octanol–water partition coefficient (Wildman–Crippen LogP) is 1.42. The van der Waals surface area contributed by atoms with Crippen LogP contribution in [0.5, 0.6) is 0 Å². The van der Waals surface area contributed by atoms with Gasteiger partial charge in [-0.15, -0.1) is 0 Å². The molecule has 0 fully saturated rings. The highest BCUT2D eigenvalue weighted by Gasteiger charge is 2.59. The topological polar surface area (TPSA) is 57.5 Å². The van der Waals surface area contributed by atoms with Gasteiger partial charge >= 0.3 is 17.7 Å². The molecule has 0 unspecified atom stereocenters. The molecule has 0 bridgehead atoms. The van der Waals surface area contributed by atoms with Gasteiger partial charge in [0.2, 0.25) is 0 Å². The first-order chi connectivity index (χ1) is 7.77. The van der Waals surface area contributed by atoms with Crippen molar-refractivity contribution in [2.24, 2.45) is 0 Å². The number of benzene rings is 1. The van der Waals surface area contributed by atoms with Crippen molar-refractivity contribution in [3.05, 3.63) is 35.9 Å². The normalized spacial score (nSPS) is 14.4. The van der Waals surface area contributed by atoms with Crippen molar-refractivity contribution in [3.63, 3.8) is 0 Å². The molecule has 17 heavy (non-hydrogen) atoms. The zero-order chi connectivity index (χ0) is 13.1. The highest BCUT2D eigenvalue weighted by Crippen LogP contribution is 2.30. The predicted molar refractivity (Wildman–Crippen MR) is 52.0 cm³/mol. The summed E-state index contributed by atoms with van der Waals surface area (Å²) in [5, 5.41) is 17.4. The lowest BCUT2D eigenvalue weighted by molar-refractivity contribution is -0.239. The Morgan fingerprint density at radius 3 is 2.12 bits per heavy atom. The van der Waals surface area contributed by atoms with E-state index >= 15 is 0 Å². The van der Waals surface area contributed by atoms with Crippen molar-refractivity contribution in [1.82, 2.24) is 0 Å². The average Bonchev–Trinajstić information content (AvgIpc) is 2.25. The van der Waals surface area contributed by atoms with Crippen molar-refractivity contribution >= 4 is 5.97 Å². The maximum Gasteiger partial charge on any atom is 0.440 e. The van der Waals surface area contributed by atoms with Crippen LogP contribution in [0.2, 0.25) is 0 Å². The fraction of sp³-hybridized carbons (Fsp3) is 0.182. The van der Waals surface area contributed by atoms with Crippen LogP contribution in [-0.4, -0.2) is 28.0 Å². The molecule has 2 N–H and O–H groups in total. The van der Waals surface area contributed by atoms with E-state index in [1.807, 2.05) is 5.92 Å². The summed E-state index contributed by atoms with van der Waals surface area (Å²) in [5.74, 6) is 0.855. The summed E-state index contributed by atoms with van der Waals surface area (Å²) in [6.07, 6.45) is -5.36. The second kappa shape index (κ2) is 4.47. The first-order valence-corrected chi connectivity index (χ1v) is 4.38. The molecule has 1 rings (SSSR count). The second-order valence-corrected chi connectivity index (χ2v) is 3.13. The van der Waals surface area contributed by atoms with Gasteiger partial charge in [-0.2, -0.15) is 13.2 Å². The molecule has 0 spiro atoms. The molecule has 1 atom stereocenters. The minimum atomic E-state index is -5.36. The zero-order valence-electron chi connectivity index (χ0n) is 8.32. The van der Waals surface area contributed by atoms with Crippen LogP contribution in [0.25, 0.3) is 0 Å². The maximum atomic E-state index is 12.3. The van der Waals surface area contributed by atoms with Gasteiger partial charge in [-0.25, -0.2) is 4.79 Å². The summed E-state index contributed by atoms with van der Waals surface area (Å²) < 4.78 is 37.0. The standard InChI is InChI=1S/C11H7F3O3/c12-11(13,14)10(17,9(15)16)7-6-8-4-2-1-3-5-8/h1-5,17H,(H,15,16)/t10-/m1/s1. The molecular formula is C11H7F3O3. The fourth-order valence-corrected chi connectivity index (χ4v) is 0.930. The lowest BCUT2D eigenvalue weighted by Crippen LogP contribution is -2.50. The van der Waals surface area contributed by atoms with Gasteiger partial charge in [-0.1, -0.05) is 24.1 Å². The number of carbonyl (C=O) groups is 1. The summed E-state index contributed by atoms with van der Waals surface area (Å²) in [4.78, 5) is 10.4. The van der Waals surface area contributed by atoms with Gasteiger partial charge in [-0.05, 0) is 18.1 Å². The van der Waals surface area contributed by atoms with Gasteiger partial charge in [0.05, 0.1) is 0 Å². The van der Waals surface area contributed by atoms with Gasteiger partial charge in [0.1, 0.15) is 0 Å². The molecule has 0 aliphatic rings. The first-order valence-electron chi connectivity index (χ1n) is 4.38. The van der Waals surface area contributed by atoms with Crippen LogP contribution in [-0.2, 0) is 4.79 Å². The maximum absolute atomic E-state index is 12.3. The number of hydrogen-bond acceptors (Lipinski definition) is 2. The van der Waals surface area contributed by atoms with Crippen LogP contribution in [0.1, 0.15) is 5.56 Å². The first kappa shape index (κ1) is 13.1. The molecule has 0 aliphatic heterocycles. The number of aliphatic carboxylic acids is 1. The molecule has 6 heteroatoms. The Morgan fingerprint density at radius 2 is 1.71 bits per heavy atom. The van der Waals surface area contributed by atoms with Crippen LogP contribution in [0, 0.1) is 11.8 Å². The number of carboxylic acid groups (broad SMARTS) is 1. The van der Waals surface area contributed by atoms with Crippen molar-refractivity contribution in [1.29, 1.82) is 0 Å². The van der Waals surface area contributed by atoms with Crippen LogP contribution in [0.3, 0.4) is 0 Å². The third kappa shape index (κ3) is 2.77. The van der Waals surface area contributed by atoms with E-state index in [2.05, 4.69) is 0 Å². The third-order valence-corrected chi connectivity index (χ3v) is 1.88. The molecule has 3 nitrogen and oxygen atoms in total. The summed E-state index contributed by atoms with van der Waals surface area (Å²) in [7, 11) is 0. The van der Waals surface area contributed by atoms with Gasteiger partial charge in [-0.3, -0.25) is 0 Å². The Labute approximate surface area is 94.5 Å². The molecule has 0 radical (unpaired) electrons. The molecule has 0 saturated carbocycles. The van der Waals surface area contributed by atoms with E-state index in [1.54, 1.807) is 6.07 Å². The van der Waals surface area contributed by atoms with Crippen molar-refractivity contribution in [2.45, 2.75) is 11.8 Å². The van der Waals surface area contributed by atoms with E-state index in [9.17, 15) is 18.0 Å². The monoisotopic (exact) mass is 244 g/mol. The number of rotatable bonds is 1. The summed E-state index contributed by atoms with van der Waals surface area (Å²) in [5.41, 5.74) is -3.88. The zero-order valence-corrected chi connectivity index (χ0v) is 8.32. The Kier molecular flexibility index (Phi) is 3.44. The average molecular weight is 244 g/mol. The Bertz CT molecular complexity index is 470. The number of aliphatic hydroxyl groups is 1. The van der Waals surface area contributed by atoms with Gasteiger partial charge in [0.25, 0.3) is 0 Å². The lowest BCUT2D eigenvalue weighted by atomic mass is 10.0. The van der Waals surface area contributed by atoms with E-state index < -0.39 is 17.7 Å². The highest BCUT2D eigenvalue weighted by molar-refractivity contribution is 5.83. The number of halogens is 3. The molecular weight excluding hydrogens is 237 g/mol. The van der Waals surface area contributed by atoms with Gasteiger partial charge in [0, 0.05) is 5.56 Å². The van der Waals surface area contributed by atoms with Crippen LogP contribution >= 0.6 is 0 Å². The van der Waals surface area contributed by atoms with E-state index in [0.717, 1.165) is 0 Å². The molecule has 90 valence electrons. The van der Waals surface area contributed by atoms with Crippen molar-refractivity contribution in [2.75, 3.05) is 0 Å². The molecule has 1 aromatic carbocycles. The molecule has 0 amide bonds. The van der Waals surface area contributed by atoms with E-state index in [4.69, 9.17) is 10.2 Å². The summed E-state index contributed by atoms with van der Waals surface area (Å²) in [6.45, 7) is 0. The third-order valence-electron chi connectivity index (χ3n) is 1.88. The fourth-order valence-electron chi connectivity index (χ4n) is 0.930. The van der Waals surface area contributed by atoms with Crippen LogP contribution < -0.4 is 0 Å². The largest absolute Gasteiger partial charge is 0.478 e. The molecule has 1 aromatic rings. The van der Waals surface area contributed by atoms with Crippen LogP contribution in [0.15, 0.2) is 30.3 Å². The number of alkyl halides is 3. The molecule has 0 aliphatic carbocycles. The second-order valence-electron chi connectivity index (χ2n) is 3.13. The van der Waals surface area contributed by atoms with Gasteiger partial charge in [0.15, 0.2) is 0 Å². The SMILES string of the molecule is O=C(O)[C@](O)(C#Cc1ccccc1)C(F)(F)F. The minimum Gasteiger partial charge on any atom is -0.478 e. The quantitative estimate of drug-likeness (QED) is 0.734. The van der Waals surface area contributed by atoms with E-state index in [-0.39, 0.29) is 5.56 Å². The molecule has 0 aromatic heterocycles. The van der Waals surface area contributed by atoms with E-state index in [0.29, 0.717) is 0 Å². The van der Waals surface area contributed by atoms with E-state index in [1.165, 1.54) is 30.2 Å². The van der Waals surface area contributed by atoms with Crippen LogP contribution in [0.4, 0.5) is 13.2 Å². The minimum absolute atomic E-state index is 0.177. The van der Waals surface area contributed by atoms with Gasteiger partial charge < -0.3 is 10.2 Å². The summed E-state index contributed by atoms with van der Waals surface area (Å²) >= 11 is 0. The Balaban J connectivity index is 3.14. The molecule has 0 heterocycles. The number of carboxylic acids is 1. The molecule has 0 saturated heterocycles. The van der Waals surface area contributed by atoms with Crippen molar-refractivity contribution < 1.29 is 28.2 Å². The highest BCUT2D eigenvalue weighted by atomic mass is 19.4. The Hall–Kier alpha value is -2.00. The van der Waals surface area contributed by atoms with Crippen molar-refractivity contribution in [3.8, 4) is 11.8 Å². The number of hydrogen-bond donors (Lipinski definition) is 2. The lowest BCUT2D eigenvalue weighted by Gasteiger charge is -2.19.